The highest BCUT2D eigenvalue weighted by Gasteiger charge is 2.10. The van der Waals surface area contributed by atoms with Crippen molar-refractivity contribution in [1.82, 2.24) is 0 Å². The lowest BCUT2D eigenvalue weighted by Crippen LogP contribution is -1.87. The average Bonchev–Trinajstić information content (AvgIpc) is 2.78. The monoisotopic (exact) mass is 370 g/mol. The Kier molecular flexibility index (Phi) is 3.54. The Morgan fingerprint density at radius 3 is 1.69 bits per heavy atom. The van der Waals surface area contributed by atoms with E-state index in [9.17, 15) is 0 Å². The van der Waals surface area contributed by atoms with Crippen molar-refractivity contribution < 1.29 is 4.74 Å². The van der Waals surface area contributed by atoms with Crippen LogP contribution in [0.3, 0.4) is 0 Å². The molecule has 1 heteroatoms. The van der Waals surface area contributed by atoms with Crippen molar-refractivity contribution in [3.05, 3.63) is 109 Å². The Morgan fingerprint density at radius 2 is 0.966 bits per heavy atom. The molecule has 0 aliphatic rings. The van der Waals surface area contributed by atoms with Gasteiger partial charge < -0.3 is 4.74 Å². The molecular weight excluding hydrogens is 352 g/mol. The predicted molar refractivity (Wildman–Crippen MR) is 122 cm³/mol. The highest BCUT2D eigenvalue weighted by molar-refractivity contribution is 6.23. The van der Waals surface area contributed by atoms with Crippen LogP contribution in [0, 0.1) is 0 Å². The number of para-hydroxylation sites is 1. The molecular formula is C28H18O. The fourth-order valence-electron chi connectivity index (χ4n) is 4.28. The Hall–Kier alpha value is -3.84. The molecule has 0 heterocycles. The van der Waals surface area contributed by atoms with E-state index in [0.717, 1.165) is 17.1 Å². The lowest BCUT2D eigenvalue weighted by atomic mass is 9.91. The van der Waals surface area contributed by atoms with Crippen LogP contribution < -0.4 is 4.74 Å². The maximum Gasteiger partial charge on any atom is 0.128 e. The Morgan fingerprint density at radius 1 is 0.379 bits per heavy atom. The molecule has 6 rings (SSSR count). The minimum absolute atomic E-state index is 0.846. The van der Waals surface area contributed by atoms with E-state index < -0.39 is 0 Å². The fraction of sp³-hybridized carbons (Fsp3) is 0. The van der Waals surface area contributed by atoms with Crippen LogP contribution in [0.2, 0.25) is 0 Å². The van der Waals surface area contributed by atoms with Crippen molar-refractivity contribution in [2.45, 2.75) is 0 Å². The second kappa shape index (κ2) is 6.35. The van der Waals surface area contributed by atoms with Crippen molar-refractivity contribution in [1.29, 1.82) is 0 Å². The summed E-state index contributed by atoms with van der Waals surface area (Å²) < 4.78 is 6.04. The molecule has 0 fully saturated rings. The fourth-order valence-corrected chi connectivity index (χ4v) is 4.28. The minimum atomic E-state index is 0.846. The molecule has 0 unspecified atom stereocenters. The van der Waals surface area contributed by atoms with Crippen molar-refractivity contribution in [3.8, 4) is 22.6 Å². The molecule has 6 aromatic carbocycles. The number of hydrogen-bond acceptors (Lipinski definition) is 1. The van der Waals surface area contributed by atoms with Gasteiger partial charge in [-0.25, -0.2) is 0 Å². The highest BCUT2D eigenvalue weighted by atomic mass is 16.5. The zero-order chi connectivity index (χ0) is 19.2. The van der Waals surface area contributed by atoms with Crippen molar-refractivity contribution >= 4 is 32.3 Å². The third kappa shape index (κ3) is 2.71. The SMILES string of the molecule is c1ccc(Oc2cccc(-c3cc4ccc5cccc6ccc(c3)c4c56)c2)cc1. The lowest BCUT2D eigenvalue weighted by Gasteiger charge is -2.13. The van der Waals surface area contributed by atoms with Gasteiger partial charge in [-0.1, -0.05) is 72.8 Å². The normalized spacial score (nSPS) is 11.4. The van der Waals surface area contributed by atoms with E-state index in [2.05, 4.69) is 72.8 Å². The van der Waals surface area contributed by atoms with Gasteiger partial charge in [-0.15, -0.1) is 0 Å². The first kappa shape index (κ1) is 16.1. The lowest BCUT2D eigenvalue weighted by molar-refractivity contribution is 0.483. The van der Waals surface area contributed by atoms with Crippen LogP contribution in [0.15, 0.2) is 109 Å². The molecule has 0 atom stereocenters. The molecule has 0 N–H and O–H groups in total. The maximum absolute atomic E-state index is 6.04. The quantitative estimate of drug-likeness (QED) is 0.286. The van der Waals surface area contributed by atoms with Gasteiger partial charge in [0.15, 0.2) is 0 Å². The second-order valence-corrected chi connectivity index (χ2v) is 7.45. The molecule has 0 aliphatic heterocycles. The van der Waals surface area contributed by atoms with Crippen LogP contribution in [-0.4, -0.2) is 0 Å². The third-order valence-electron chi connectivity index (χ3n) is 5.61. The summed E-state index contributed by atoms with van der Waals surface area (Å²) in [5, 5.41) is 7.85. The summed E-state index contributed by atoms with van der Waals surface area (Å²) >= 11 is 0. The number of benzene rings is 6. The molecule has 0 aromatic heterocycles. The van der Waals surface area contributed by atoms with Crippen molar-refractivity contribution in [3.63, 3.8) is 0 Å². The van der Waals surface area contributed by atoms with Gasteiger partial charge >= 0.3 is 0 Å². The van der Waals surface area contributed by atoms with Crippen molar-refractivity contribution in [2.75, 3.05) is 0 Å². The van der Waals surface area contributed by atoms with E-state index >= 15 is 0 Å². The van der Waals surface area contributed by atoms with Gasteiger partial charge in [0.25, 0.3) is 0 Å². The second-order valence-electron chi connectivity index (χ2n) is 7.45. The Bertz CT molecular complexity index is 1400. The summed E-state index contributed by atoms with van der Waals surface area (Å²) in [5.41, 5.74) is 2.36. The van der Waals surface area contributed by atoms with E-state index in [1.165, 1.54) is 37.9 Å². The van der Waals surface area contributed by atoms with E-state index in [1.807, 2.05) is 36.4 Å². The molecule has 136 valence electrons. The van der Waals surface area contributed by atoms with E-state index in [0.29, 0.717) is 0 Å². The standard InChI is InChI=1S/C28H18O/c1-2-9-25(10-3-1)29-26-11-5-8-21(18-26)24-16-22-14-12-19-6-4-7-20-13-15-23(17-24)28(22)27(19)20/h1-18H. The van der Waals surface area contributed by atoms with Crippen LogP contribution in [0.1, 0.15) is 0 Å². The van der Waals surface area contributed by atoms with Gasteiger partial charge in [0, 0.05) is 0 Å². The van der Waals surface area contributed by atoms with Gasteiger partial charge in [-0.05, 0) is 79.8 Å². The molecule has 0 saturated heterocycles. The summed E-state index contributed by atoms with van der Waals surface area (Å²) in [4.78, 5) is 0. The Labute approximate surface area is 169 Å². The first-order valence-electron chi connectivity index (χ1n) is 9.86. The van der Waals surface area contributed by atoms with Crippen LogP contribution in [0.4, 0.5) is 0 Å². The van der Waals surface area contributed by atoms with E-state index in [4.69, 9.17) is 4.74 Å². The van der Waals surface area contributed by atoms with Crippen LogP contribution >= 0.6 is 0 Å². The topological polar surface area (TPSA) is 9.23 Å². The molecule has 0 aliphatic carbocycles. The molecule has 1 nitrogen and oxygen atoms in total. The highest BCUT2D eigenvalue weighted by Crippen LogP contribution is 2.38. The molecule has 0 radical (unpaired) electrons. The molecule has 0 saturated carbocycles. The average molecular weight is 370 g/mol. The van der Waals surface area contributed by atoms with Gasteiger partial charge in [-0.2, -0.15) is 0 Å². The molecule has 6 aromatic rings. The minimum Gasteiger partial charge on any atom is -0.457 e. The summed E-state index contributed by atoms with van der Waals surface area (Å²) in [6, 6.07) is 38.2. The van der Waals surface area contributed by atoms with Gasteiger partial charge in [0.2, 0.25) is 0 Å². The summed E-state index contributed by atoms with van der Waals surface area (Å²) in [7, 11) is 0. The van der Waals surface area contributed by atoms with Gasteiger partial charge in [0.1, 0.15) is 11.5 Å². The van der Waals surface area contributed by atoms with E-state index in [-0.39, 0.29) is 0 Å². The number of rotatable bonds is 3. The zero-order valence-electron chi connectivity index (χ0n) is 15.8. The van der Waals surface area contributed by atoms with E-state index in [1.54, 1.807) is 0 Å². The summed E-state index contributed by atoms with van der Waals surface area (Å²) in [6.07, 6.45) is 0. The molecule has 0 spiro atoms. The first-order valence-corrected chi connectivity index (χ1v) is 9.86. The largest absolute Gasteiger partial charge is 0.457 e. The number of ether oxygens (including phenoxy) is 1. The van der Waals surface area contributed by atoms with Crippen LogP contribution in [0.5, 0.6) is 11.5 Å². The maximum atomic E-state index is 6.04. The smallest absolute Gasteiger partial charge is 0.128 e. The predicted octanol–water partition coefficient (Wildman–Crippen LogP) is 8.04. The van der Waals surface area contributed by atoms with Crippen LogP contribution in [-0.2, 0) is 0 Å². The van der Waals surface area contributed by atoms with Crippen molar-refractivity contribution in [2.24, 2.45) is 0 Å². The summed E-state index contributed by atoms with van der Waals surface area (Å²) in [6.45, 7) is 0. The van der Waals surface area contributed by atoms with Crippen LogP contribution in [0.25, 0.3) is 43.4 Å². The molecule has 0 bridgehead atoms. The van der Waals surface area contributed by atoms with Gasteiger partial charge in [-0.3, -0.25) is 0 Å². The third-order valence-corrected chi connectivity index (χ3v) is 5.61. The molecule has 0 amide bonds. The zero-order valence-corrected chi connectivity index (χ0v) is 15.8. The Balaban J connectivity index is 1.50. The molecule has 29 heavy (non-hydrogen) atoms. The van der Waals surface area contributed by atoms with Gasteiger partial charge in [0.05, 0.1) is 0 Å². The summed E-state index contributed by atoms with van der Waals surface area (Å²) in [5.74, 6) is 1.69. The first-order chi connectivity index (χ1) is 14.3. The number of hydrogen-bond donors (Lipinski definition) is 0.